The second-order valence-electron chi connectivity index (χ2n) is 5.41. The summed E-state index contributed by atoms with van der Waals surface area (Å²) in [6.45, 7) is 3.52. The predicted molar refractivity (Wildman–Crippen MR) is 77.9 cm³/mol. The van der Waals surface area contributed by atoms with Crippen molar-refractivity contribution in [1.82, 2.24) is 9.80 Å². The van der Waals surface area contributed by atoms with Gasteiger partial charge < -0.3 is 14.4 Å². The first-order valence-corrected chi connectivity index (χ1v) is 7.16. The van der Waals surface area contributed by atoms with Crippen LogP contribution in [0.25, 0.3) is 0 Å². The Hall–Kier alpha value is -1.80. The number of carbonyl (C=O) groups excluding carboxylic acids is 1. The minimum atomic E-state index is -4.78. The van der Waals surface area contributed by atoms with E-state index in [4.69, 9.17) is 4.74 Å². The number of methoxy groups -OCH3 is 1. The summed E-state index contributed by atoms with van der Waals surface area (Å²) in [6.07, 6.45) is -4.78. The number of Topliss-reactive ketones (excluding diaryl/α,β-unsaturated/α-hetero) is 1. The van der Waals surface area contributed by atoms with Crippen LogP contribution >= 0.6 is 0 Å². The van der Waals surface area contributed by atoms with Crippen LogP contribution in [0.2, 0.25) is 0 Å². The Kier molecular flexibility index (Phi) is 5.48. The minimum Gasteiger partial charge on any atom is -0.496 e. The van der Waals surface area contributed by atoms with Crippen LogP contribution < -0.4 is 9.47 Å². The molecule has 0 N–H and O–H groups in total. The molecule has 0 unspecified atom stereocenters. The lowest BCUT2D eigenvalue weighted by Crippen LogP contribution is -2.46. The molecular formula is C15H19F3N2O3. The maximum atomic E-state index is 12.4. The third-order valence-corrected chi connectivity index (χ3v) is 3.67. The van der Waals surface area contributed by atoms with E-state index in [1.807, 2.05) is 11.9 Å². The fourth-order valence-corrected chi connectivity index (χ4v) is 2.39. The zero-order chi connectivity index (χ0) is 17.0. The number of benzene rings is 1. The molecule has 1 aliphatic rings. The van der Waals surface area contributed by atoms with Crippen LogP contribution in [0.3, 0.4) is 0 Å². The van der Waals surface area contributed by atoms with Crippen molar-refractivity contribution in [3.05, 3.63) is 23.8 Å². The molecule has 5 nitrogen and oxygen atoms in total. The van der Waals surface area contributed by atoms with E-state index in [-0.39, 0.29) is 23.6 Å². The first-order chi connectivity index (χ1) is 10.8. The smallest absolute Gasteiger partial charge is 0.496 e. The van der Waals surface area contributed by atoms with Gasteiger partial charge in [0.25, 0.3) is 0 Å². The number of likely N-dealkylation sites (N-methyl/N-ethyl adjacent to an activating group) is 1. The van der Waals surface area contributed by atoms with Crippen molar-refractivity contribution in [2.24, 2.45) is 0 Å². The molecule has 8 heteroatoms. The Bertz CT molecular complexity index is 555. The SMILES string of the molecule is COc1cc(OC(F)(F)F)ccc1C(=O)CN1CCN(C)CC1. The maximum absolute atomic E-state index is 12.4. The Labute approximate surface area is 132 Å². The van der Waals surface area contributed by atoms with Crippen molar-refractivity contribution in [2.75, 3.05) is 46.9 Å². The van der Waals surface area contributed by atoms with E-state index in [0.29, 0.717) is 0 Å². The van der Waals surface area contributed by atoms with Crippen molar-refractivity contribution in [3.63, 3.8) is 0 Å². The van der Waals surface area contributed by atoms with Crippen LogP contribution in [0.4, 0.5) is 13.2 Å². The molecule has 128 valence electrons. The average molecular weight is 332 g/mol. The molecule has 0 aromatic heterocycles. The Balaban J connectivity index is 2.07. The highest BCUT2D eigenvalue weighted by molar-refractivity contribution is 6.00. The minimum absolute atomic E-state index is 0.0749. The van der Waals surface area contributed by atoms with Gasteiger partial charge >= 0.3 is 6.36 Å². The van der Waals surface area contributed by atoms with Gasteiger partial charge in [-0.3, -0.25) is 9.69 Å². The van der Waals surface area contributed by atoms with E-state index in [1.54, 1.807) is 0 Å². The number of hydrogen-bond donors (Lipinski definition) is 0. The first-order valence-electron chi connectivity index (χ1n) is 7.16. The number of halogens is 3. The molecule has 0 saturated carbocycles. The summed E-state index contributed by atoms with van der Waals surface area (Å²) in [5.74, 6) is -0.527. The van der Waals surface area contributed by atoms with E-state index < -0.39 is 12.1 Å². The van der Waals surface area contributed by atoms with Crippen LogP contribution in [0.5, 0.6) is 11.5 Å². The molecule has 1 aromatic carbocycles. The van der Waals surface area contributed by atoms with Crippen molar-refractivity contribution >= 4 is 5.78 Å². The van der Waals surface area contributed by atoms with Gasteiger partial charge in [0.2, 0.25) is 0 Å². The second kappa shape index (κ2) is 7.18. The summed E-state index contributed by atoms with van der Waals surface area (Å²) in [4.78, 5) is 16.6. The summed E-state index contributed by atoms with van der Waals surface area (Å²) in [7, 11) is 3.32. The molecule has 1 fully saturated rings. The zero-order valence-electron chi connectivity index (χ0n) is 13.0. The molecule has 0 spiro atoms. The highest BCUT2D eigenvalue weighted by atomic mass is 19.4. The fourth-order valence-electron chi connectivity index (χ4n) is 2.39. The fraction of sp³-hybridized carbons (Fsp3) is 0.533. The highest BCUT2D eigenvalue weighted by Gasteiger charge is 2.31. The number of hydrogen-bond acceptors (Lipinski definition) is 5. The first kappa shape index (κ1) is 17.6. The number of ketones is 1. The largest absolute Gasteiger partial charge is 0.573 e. The van der Waals surface area contributed by atoms with E-state index >= 15 is 0 Å². The molecule has 0 amide bonds. The van der Waals surface area contributed by atoms with Gasteiger partial charge in [-0.05, 0) is 19.2 Å². The normalized spacial score (nSPS) is 17.1. The molecule has 0 radical (unpaired) electrons. The molecule has 2 rings (SSSR count). The Morgan fingerprint density at radius 1 is 1.22 bits per heavy atom. The van der Waals surface area contributed by atoms with Crippen LogP contribution in [0.15, 0.2) is 18.2 Å². The number of carbonyl (C=O) groups is 1. The summed E-state index contributed by atoms with van der Waals surface area (Å²) < 4.78 is 45.6. The maximum Gasteiger partial charge on any atom is 0.573 e. The number of alkyl halides is 3. The quantitative estimate of drug-likeness (QED) is 0.772. The van der Waals surface area contributed by atoms with E-state index in [9.17, 15) is 18.0 Å². The van der Waals surface area contributed by atoms with Gasteiger partial charge in [-0.2, -0.15) is 0 Å². The average Bonchev–Trinajstić information content (AvgIpc) is 2.47. The molecule has 0 aliphatic carbocycles. The Morgan fingerprint density at radius 2 is 1.87 bits per heavy atom. The standard InChI is InChI=1S/C15H19F3N2O3/c1-19-5-7-20(8-6-19)10-13(21)12-4-3-11(9-14(12)22-2)23-15(16,17)18/h3-4,9H,5-8,10H2,1-2H3. The third-order valence-electron chi connectivity index (χ3n) is 3.67. The van der Waals surface area contributed by atoms with Gasteiger partial charge in [-0.1, -0.05) is 0 Å². The summed E-state index contributed by atoms with van der Waals surface area (Å²) >= 11 is 0. The lowest BCUT2D eigenvalue weighted by Gasteiger charge is -2.31. The van der Waals surface area contributed by atoms with Crippen LogP contribution in [0, 0.1) is 0 Å². The van der Waals surface area contributed by atoms with E-state index in [2.05, 4.69) is 9.64 Å². The van der Waals surface area contributed by atoms with Crippen LogP contribution in [-0.4, -0.2) is 68.8 Å². The topological polar surface area (TPSA) is 42.0 Å². The second-order valence-corrected chi connectivity index (χ2v) is 5.41. The van der Waals surface area contributed by atoms with Crippen molar-refractivity contribution in [3.8, 4) is 11.5 Å². The lowest BCUT2D eigenvalue weighted by molar-refractivity contribution is -0.274. The molecular weight excluding hydrogens is 313 g/mol. The molecule has 0 atom stereocenters. The van der Waals surface area contributed by atoms with Gasteiger partial charge in [0.15, 0.2) is 5.78 Å². The van der Waals surface area contributed by atoms with Gasteiger partial charge in [0, 0.05) is 32.2 Å². The molecule has 1 aromatic rings. The third kappa shape index (κ3) is 5.11. The zero-order valence-corrected chi connectivity index (χ0v) is 13.0. The predicted octanol–water partition coefficient (Wildman–Crippen LogP) is 2.02. The molecule has 1 aliphatic heterocycles. The van der Waals surface area contributed by atoms with Gasteiger partial charge in [0.1, 0.15) is 11.5 Å². The molecule has 23 heavy (non-hydrogen) atoms. The van der Waals surface area contributed by atoms with Crippen LogP contribution in [-0.2, 0) is 0 Å². The number of rotatable bonds is 5. The summed E-state index contributed by atoms with van der Waals surface area (Å²) in [6, 6.07) is 3.50. The molecule has 1 heterocycles. The Morgan fingerprint density at radius 3 is 2.43 bits per heavy atom. The molecule has 1 saturated heterocycles. The summed E-state index contributed by atoms with van der Waals surface area (Å²) in [5.41, 5.74) is 0.251. The number of ether oxygens (including phenoxy) is 2. The monoisotopic (exact) mass is 332 g/mol. The highest BCUT2D eigenvalue weighted by Crippen LogP contribution is 2.29. The lowest BCUT2D eigenvalue weighted by atomic mass is 10.1. The van der Waals surface area contributed by atoms with Crippen LogP contribution in [0.1, 0.15) is 10.4 Å². The van der Waals surface area contributed by atoms with Gasteiger partial charge in [-0.15, -0.1) is 13.2 Å². The van der Waals surface area contributed by atoms with E-state index in [0.717, 1.165) is 38.3 Å². The van der Waals surface area contributed by atoms with Gasteiger partial charge in [-0.25, -0.2) is 0 Å². The number of piperazine rings is 1. The van der Waals surface area contributed by atoms with Crippen molar-refractivity contribution in [1.29, 1.82) is 0 Å². The summed E-state index contributed by atoms with van der Waals surface area (Å²) in [5, 5.41) is 0. The van der Waals surface area contributed by atoms with Crippen molar-refractivity contribution in [2.45, 2.75) is 6.36 Å². The van der Waals surface area contributed by atoms with E-state index in [1.165, 1.54) is 13.2 Å². The molecule has 0 bridgehead atoms. The number of nitrogens with zero attached hydrogens (tertiary/aromatic N) is 2. The van der Waals surface area contributed by atoms with Gasteiger partial charge in [0.05, 0.1) is 19.2 Å². The van der Waals surface area contributed by atoms with Crippen molar-refractivity contribution < 1.29 is 27.4 Å².